The van der Waals surface area contributed by atoms with Crippen molar-refractivity contribution in [3.05, 3.63) is 50.7 Å². The van der Waals surface area contributed by atoms with Crippen LogP contribution in [0.2, 0.25) is 0 Å². The van der Waals surface area contributed by atoms with Crippen molar-refractivity contribution in [2.24, 2.45) is 0 Å². The number of rotatable bonds is 4. The van der Waals surface area contributed by atoms with Gasteiger partial charge >= 0.3 is 11.3 Å². The van der Waals surface area contributed by atoms with E-state index in [0.717, 1.165) is 10.9 Å². The molecule has 8 heteroatoms. The molecular formula is C15H15N3O4S. The van der Waals surface area contributed by atoms with Crippen molar-refractivity contribution in [3.8, 4) is 5.75 Å². The van der Waals surface area contributed by atoms with Crippen LogP contribution in [0.1, 0.15) is 25.5 Å². The van der Waals surface area contributed by atoms with Gasteiger partial charge in [-0.1, -0.05) is 11.8 Å². The zero-order valence-electron chi connectivity index (χ0n) is 12.6. The molecule has 3 rings (SSSR count). The average molecular weight is 333 g/mol. The summed E-state index contributed by atoms with van der Waals surface area (Å²) in [5.74, 6) is 0.482. The molecule has 0 aliphatic carbocycles. The molecule has 0 unspecified atom stereocenters. The van der Waals surface area contributed by atoms with Crippen LogP contribution in [0.15, 0.2) is 43.4 Å². The first-order valence-corrected chi connectivity index (χ1v) is 7.99. The minimum absolute atomic E-state index is 0.0155. The zero-order valence-corrected chi connectivity index (χ0v) is 13.4. The van der Waals surface area contributed by atoms with Gasteiger partial charge in [-0.2, -0.15) is 0 Å². The van der Waals surface area contributed by atoms with Gasteiger partial charge in [0.15, 0.2) is 5.16 Å². The number of aromatic nitrogens is 3. The number of fused-ring (bicyclic) bond motifs is 1. The van der Waals surface area contributed by atoms with Gasteiger partial charge in [0.1, 0.15) is 11.3 Å². The SMILES string of the molecule is CC(C)n1c(SCc2cc(=O)oc3cc(O)ccc23)n[nH]c1=O. The van der Waals surface area contributed by atoms with Crippen LogP contribution in [0, 0.1) is 0 Å². The van der Waals surface area contributed by atoms with Crippen LogP contribution in [-0.4, -0.2) is 19.9 Å². The molecule has 2 aromatic heterocycles. The Labute approximate surface area is 135 Å². The van der Waals surface area contributed by atoms with Gasteiger partial charge in [0.25, 0.3) is 0 Å². The summed E-state index contributed by atoms with van der Waals surface area (Å²) in [5.41, 5.74) is 0.343. The zero-order chi connectivity index (χ0) is 16.6. The molecule has 0 aliphatic heterocycles. The second-order valence-corrected chi connectivity index (χ2v) is 6.28. The predicted molar refractivity (Wildman–Crippen MR) is 86.9 cm³/mol. The molecule has 0 saturated heterocycles. The van der Waals surface area contributed by atoms with Crippen LogP contribution >= 0.6 is 11.8 Å². The minimum Gasteiger partial charge on any atom is -0.508 e. The van der Waals surface area contributed by atoms with Crippen LogP contribution in [-0.2, 0) is 5.75 Å². The Morgan fingerprint density at radius 2 is 2.13 bits per heavy atom. The van der Waals surface area contributed by atoms with Gasteiger partial charge in [-0.3, -0.25) is 4.57 Å². The van der Waals surface area contributed by atoms with Crippen molar-refractivity contribution >= 4 is 22.7 Å². The van der Waals surface area contributed by atoms with Gasteiger partial charge in [-0.15, -0.1) is 5.10 Å². The van der Waals surface area contributed by atoms with E-state index in [1.807, 2.05) is 13.8 Å². The third kappa shape index (κ3) is 3.02. The lowest BCUT2D eigenvalue weighted by Crippen LogP contribution is -2.19. The van der Waals surface area contributed by atoms with Crippen LogP contribution < -0.4 is 11.3 Å². The van der Waals surface area contributed by atoms with E-state index in [1.54, 1.807) is 10.6 Å². The Morgan fingerprint density at radius 1 is 1.35 bits per heavy atom. The molecule has 0 atom stereocenters. The number of nitrogens with one attached hydrogen (secondary N) is 1. The second kappa shape index (κ2) is 5.96. The molecule has 0 radical (unpaired) electrons. The molecule has 0 amide bonds. The summed E-state index contributed by atoms with van der Waals surface area (Å²) in [4.78, 5) is 23.4. The molecule has 0 spiro atoms. The average Bonchev–Trinajstić information content (AvgIpc) is 2.85. The van der Waals surface area contributed by atoms with E-state index >= 15 is 0 Å². The van der Waals surface area contributed by atoms with Crippen molar-refractivity contribution < 1.29 is 9.52 Å². The van der Waals surface area contributed by atoms with Crippen molar-refractivity contribution in [2.45, 2.75) is 30.8 Å². The highest BCUT2D eigenvalue weighted by Crippen LogP contribution is 2.27. The summed E-state index contributed by atoms with van der Waals surface area (Å²) in [5, 5.41) is 17.3. The van der Waals surface area contributed by atoms with Gasteiger partial charge in [-0.25, -0.2) is 14.7 Å². The number of H-pyrrole nitrogens is 1. The number of aromatic hydroxyl groups is 1. The summed E-state index contributed by atoms with van der Waals surface area (Å²) in [6.45, 7) is 3.80. The van der Waals surface area contributed by atoms with Crippen molar-refractivity contribution in [1.82, 2.24) is 14.8 Å². The van der Waals surface area contributed by atoms with Crippen LogP contribution in [0.4, 0.5) is 0 Å². The summed E-state index contributed by atoms with van der Waals surface area (Å²) in [6.07, 6.45) is 0. The highest BCUT2D eigenvalue weighted by Gasteiger charge is 2.13. The Hall–Kier alpha value is -2.48. The van der Waals surface area contributed by atoms with Gasteiger partial charge in [-0.05, 0) is 31.5 Å². The minimum atomic E-state index is -0.484. The smallest absolute Gasteiger partial charge is 0.344 e. The molecule has 0 aliphatic rings. The second-order valence-electron chi connectivity index (χ2n) is 5.33. The molecule has 0 saturated carbocycles. The number of nitrogens with zero attached hydrogens (tertiary/aromatic N) is 2. The fraction of sp³-hybridized carbons (Fsp3) is 0.267. The van der Waals surface area contributed by atoms with E-state index < -0.39 is 5.63 Å². The number of hydrogen-bond acceptors (Lipinski definition) is 6. The number of phenols is 1. The third-order valence-corrected chi connectivity index (χ3v) is 4.36. The quantitative estimate of drug-likeness (QED) is 0.561. The first-order valence-electron chi connectivity index (χ1n) is 7.01. The predicted octanol–water partition coefficient (Wildman–Crippen LogP) is 2.26. The van der Waals surface area contributed by atoms with Crippen LogP contribution in [0.3, 0.4) is 0 Å². The molecule has 7 nitrogen and oxygen atoms in total. The van der Waals surface area contributed by atoms with E-state index in [9.17, 15) is 14.7 Å². The fourth-order valence-corrected chi connectivity index (χ4v) is 3.39. The van der Waals surface area contributed by atoms with E-state index in [-0.39, 0.29) is 17.5 Å². The molecule has 23 heavy (non-hydrogen) atoms. The van der Waals surface area contributed by atoms with Crippen molar-refractivity contribution in [2.75, 3.05) is 0 Å². The molecule has 0 bridgehead atoms. The number of aromatic amines is 1. The lowest BCUT2D eigenvalue weighted by atomic mass is 10.1. The Bertz CT molecular complexity index is 971. The summed E-state index contributed by atoms with van der Waals surface area (Å²) in [7, 11) is 0. The van der Waals surface area contributed by atoms with Gasteiger partial charge in [0, 0.05) is 29.3 Å². The Kier molecular flexibility index (Phi) is 3.99. The molecule has 2 N–H and O–H groups in total. The number of thioether (sulfide) groups is 1. The summed E-state index contributed by atoms with van der Waals surface area (Å²) >= 11 is 1.35. The number of benzene rings is 1. The van der Waals surface area contributed by atoms with Crippen molar-refractivity contribution in [1.29, 1.82) is 0 Å². The maximum Gasteiger partial charge on any atom is 0.344 e. The number of phenolic OH excluding ortho intramolecular Hbond substituents is 1. The molecule has 120 valence electrons. The molecule has 1 aromatic carbocycles. The third-order valence-electron chi connectivity index (χ3n) is 3.36. The van der Waals surface area contributed by atoms with E-state index in [4.69, 9.17) is 4.42 Å². The van der Waals surface area contributed by atoms with Crippen LogP contribution in [0.25, 0.3) is 11.0 Å². The monoisotopic (exact) mass is 333 g/mol. The first-order chi connectivity index (χ1) is 11.0. The first kappa shape index (κ1) is 15.4. The highest BCUT2D eigenvalue weighted by molar-refractivity contribution is 7.98. The maximum atomic E-state index is 11.7. The van der Waals surface area contributed by atoms with Gasteiger partial charge in [0.2, 0.25) is 0 Å². The van der Waals surface area contributed by atoms with E-state index in [1.165, 1.54) is 30.0 Å². The molecule has 0 fully saturated rings. The summed E-state index contributed by atoms with van der Waals surface area (Å²) < 4.78 is 6.66. The lowest BCUT2D eigenvalue weighted by Gasteiger charge is -2.09. The van der Waals surface area contributed by atoms with Crippen molar-refractivity contribution in [3.63, 3.8) is 0 Å². The van der Waals surface area contributed by atoms with Gasteiger partial charge < -0.3 is 9.52 Å². The molecular weight excluding hydrogens is 318 g/mol. The number of hydrogen-bond donors (Lipinski definition) is 2. The van der Waals surface area contributed by atoms with Crippen LogP contribution in [0.5, 0.6) is 5.75 Å². The highest BCUT2D eigenvalue weighted by atomic mass is 32.2. The molecule has 3 aromatic rings. The maximum absolute atomic E-state index is 11.7. The Balaban J connectivity index is 1.97. The standard InChI is InChI=1S/C15H15N3O4S/c1-8(2)18-14(21)16-17-15(18)23-7-9-5-13(20)22-12-6-10(19)3-4-11(9)12/h3-6,8,19H,7H2,1-2H3,(H,16,21). The molecule has 2 heterocycles. The van der Waals surface area contributed by atoms with E-state index in [0.29, 0.717) is 16.5 Å². The largest absolute Gasteiger partial charge is 0.508 e. The fourth-order valence-electron chi connectivity index (χ4n) is 2.33. The van der Waals surface area contributed by atoms with E-state index in [2.05, 4.69) is 10.2 Å². The summed E-state index contributed by atoms with van der Waals surface area (Å²) in [6, 6.07) is 6.04. The normalized spacial score (nSPS) is 11.4. The Morgan fingerprint density at radius 3 is 2.87 bits per heavy atom. The lowest BCUT2D eigenvalue weighted by molar-refractivity contribution is 0.473. The van der Waals surface area contributed by atoms with Gasteiger partial charge in [0.05, 0.1) is 0 Å². The topological polar surface area (TPSA) is 101 Å².